The average molecular weight is 232 g/mol. The van der Waals surface area contributed by atoms with Crippen LogP contribution in [0.25, 0.3) is 0 Å². The highest BCUT2D eigenvalue weighted by Crippen LogP contribution is 2.15. The molecule has 0 aromatic heterocycles. The zero-order valence-electron chi connectivity index (χ0n) is 10.2. The number of allylic oxidation sites excluding steroid dienone is 1. The van der Waals surface area contributed by atoms with Gasteiger partial charge < -0.3 is 0 Å². The molecule has 1 rings (SSSR count). The van der Waals surface area contributed by atoms with Crippen molar-refractivity contribution in [2.75, 3.05) is 13.1 Å². The lowest BCUT2D eigenvalue weighted by Crippen LogP contribution is -2.37. The molecule has 0 radical (unpaired) electrons. The lowest BCUT2D eigenvalue weighted by molar-refractivity contribution is 0.179. The molecule has 90 valence electrons. The Morgan fingerprint density at radius 2 is 2.07 bits per heavy atom. The second kappa shape index (κ2) is 9.23. The smallest absolute Gasteiger partial charge is 0.0166 e. The summed E-state index contributed by atoms with van der Waals surface area (Å²) in [5, 5.41) is 0. The molecular formula is C13H26ClN. The van der Waals surface area contributed by atoms with Gasteiger partial charge in [-0.2, -0.15) is 0 Å². The predicted octanol–water partition coefficient (Wildman–Crippen LogP) is 4.03. The van der Waals surface area contributed by atoms with E-state index in [4.69, 9.17) is 0 Å². The van der Waals surface area contributed by atoms with Crippen molar-refractivity contribution in [3.8, 4) is 0 Å². The number of halogens is 1. The summed E-state index contributed by atoms with van der Waals surface area (Å²) in [5.74, 6) is 0. The first-order chi connectivity index (χ1) is 6.84. The minimum Gasteiger partial charge on any atom is -0.297 e. The lowest BCUT2D eigenvalue weighted by Gasteiger charge is -2.32. The number of hydrogen-bond donors (Lipinski definition) is 0. The van der Waals surface area contributed by atoms with Crippen LogP contribution in [0.5, 0.6) is 0 Å². The Labute approximate surface area is 101 Å². The van der Waals surface area contributed by atoms with Gasteiger partial charge in [0.15, 0.2) is 0 Å². The fourth-order valence-corrected chi connectivity index (χ4v) is 2.08. The van der Waals surface area contributed by atoms with Crippen LogP contribution in [0.4, 0.5) is 0 Å². The van der Waals surface area contributed by atoms with Crippen molar-refractivity contribution in [3.05, 3.63) is 12.2 Å². The van der Waals surface area contributed by atoms with Crippen LogP contribution in [0, 0.1) is 0 Å². The Hall–Kier alpha value is -0.0100. The van der Waals surface area contributed by atoms with Crippen molar-refractivity contribution in [2.24, 2.45) is 0 Å². The molecule has 1 aliphatic rings. The van der Waals surface area contributed by atoms with Crippen LogP contribution >= 0.6 is 12.4 Å². The van der Waals surface area contributed by atoms with Crippen molar-refractivity contribution in [3.63, 3.8) is 0 Å². The largest absolute Gasteiger partial charge is 0.297 e. The van der Waals surface area contributed by atoms with Gasteiger partial charge in [0.25, 0.3) is 0 Å². The Kier molecular flexibility index (Phi) is 9.23. The van der Waals surface area contributed by atoms with Crippen LogP contribution in [0.3, 0.4) is 0 Å². The summed E-state index contributed by atoms with van der Waals surface area (Å²) in [4.78, 5) is 2.60. The lowest BCUT2D eigenvalue weighted by atomic mass is 10.0. The topological polar surface area (TPSA) is 3.24 Å². The first-order valence-electron chi connectivity index (χ1n) is 6.23. The van der Waals surface area contributed by atoms with E-state index < -0.39 is 0 Å². The molecule has 15 heavy (non-hydrogen) atoms. The van der Waals surface area contributed by atoms with Gasteiger partial charge in [0, 0.05) is 12.6 Å². The Bertz CT molecular complexity index is 168. The number of hydrogen-bond acceptors (Lipinski definition) is 1. The molecule has 0 N–H and O–H groups in total. The molecule has 0 bridgehead atoms. The van der Waals surface area contributed by atoms with Crippen molar-refractivity contribution in [1.82, 2.24) is 4.90 Å². The van der Waals surface area contributed by atoms with Gasteiger partial charge in [0.2, 0.25) is 0 Å². The SMILES string of the molecule is CCCCC=CCN1CCCCC1C.Cl. The number of likely N-dealkylation sites (tertiary alicyclic amines) is 1. The van der Waals surface area contributed by atoms with E-state index in [0.717, 1.165) is 6.04 Å². The quantitative estimate of drug-likeness (QED) is 0.510. The molecule has 1 unspecified atom stereocenters. The molecule has 1 aliphatic heterocycles. The highest BCUT2D eigenvalue weighted by atomic mass is 35.5. The van der Waals surface area contributed by atoms with Gasteiger partial charge in [-0.3, -0.25) is 4.90 Å². The summed E-state index contributed by atoms with van der Waals surface area (Å²) in [6.45, 7) is 7.09. The van der Waals surface area contributed by atoms with E-state index >= 15 is 0 Å². The van der Waals surface area contributed by atoms with Gasteiger partial charge >= 0.3 is 0 Å². The molecule has 1 heterocycles. The first-order valence-corrected chi connectivity index (χ1v) is 6.23. The maximum absolute atomic E-state index is 2.60. The third kappa shape index (κ3) is 6.21. The fraction of sp³-hybridized carbons (Fsp3) is 0.846. The molecule has 0 amide bonds. The highest BCUT2D eigenvalue weighted by molar-refractivity contribution is 5.85. The van der Waals surface area contributed by atoms with E-state index in [1.807, 2.05) is 0 Å². The molecular weight excluding hydrogens is 206 g/mol. The molecule has 0 saturated carbocycles. The van der Waals surface area contributed by atoms with Crippen LogP contribution in [-0.2, 0) is 0 Å². The second-order valence-corrected chi connectivity index (χ2v) is 4.45. The van der Waals surface area contributed by atoms with Crippen LogP contribution in [0.2, 0.25) is 0 Å². The summed E-state index contributed by atoms with van der Waals surface area (Å²) in [7, 11) is 0. The van der Waals surface area contributed by atoms with Crippen LogP contribution in [0.15, 0.2) is 12.2 Å². The monoisotopic (exact) mass is 231 g/mol. The number of unbranched alkanes of at least 4 members (excludes halogenated alkanes) is 2. The van der Waals surface area contributed by atoms with Crippen molar-refractivity contribution in [1.29, 1.82) is 0 Å². The van der Waals surface area contributed by atoms with Gasteiger partial charge in [-0.1, -0.05) is 38.3 Å². The molecule has 1 nitrogen and oxygen atoms in total. The standard InChI is InChI=1S/C13H25N.ClH/c1-3-4-5-6-8-11-14-12-9-7-10-13(14)2;/h6,8,13H,3-5,7,9-12H2,1-2H3;1H. The van der Waals surface area contributed by atoms with Crippen LogP contribution in [0.1, 0.15) is 52.4 Å². The molecule has 2 heteroatoms. The van der Waals surface area contributed by atoms with Gasteiger partial charge in [-0.25, -0.2) is 0 Å². The summed E-state index contributed by atoms with van der Waals surface area (Å²) in [6.07, 6.45) is 12.8. The Morgan fingerprint density at radius 1 is 1.27 bits per heavy atom. The van der Waals surface area contributed by atoms with E-state index in [1.54, 1.807) is 0 Å². The first kappa shape index (κ1) is 15.0. The van der Waals surface area contributed by atoms with E-state index in [-0.39, 0.29) is 12.4 Å². The maximum atomic E-state index is 2.60. The third-order valence-electron chi connectivity index (χ3n) is 3.17. The molecule has 1 atom stereocenters. The molecule has 0 spiro atoms. The van der Waals surface area contributed by atoms with Gasteiger partial charge in [-0.05, 0) is 32.7 Å². The molecule has 1 fully saturated rings. The second-order valence-electron chi connectivity index (χ2n) is 4.45. The van der Waals surface area contributed by atoms with E-state index in [2.05, 4.69) is 30.9 Å². The van der Waals surface area contributed by atoms with Crippen molar-refractivity contribution in [2.45, 2.75) is 58.4 Å². The Balaban J connectivity index is 0.00000196. The zero-order valence-corrected chi connectivity index (χ0v) is 11.1. The third-order valence-corrected chi connectivity index (χ3v) is 3.17. The molecule has 0 aromatic carbocycles. The minimum absolute atomic E-state index is 0. The number of nitrogens with zero attached hydrogens (tertiary/aromatic N) is 1. The summed E-state index contributed by atoms with van der Waals surface area (Å²) >= 11 is 0. The van der Waals surface area contributed by atoms with Gasteiger partial charge in [0.1, 0.15) is 0 Å². The van der Waals surface area contributed by atoms with E-state index in [0.29, 0.717) is 0 Å². The van der Waals surface area contributed by atoms with E-state index in [9.17, 15) is 0 Å². The van der Waals surface area contributed by atoms with Gasteiger partial charge in [-0.15, -0.1) is 12.4 Å². The van der Waals surface area contributed by atoms with Crippen LogP contribution < -0.4 is 0 Å². The van der Waals surface area contributed by atoms with Crippen LogP contribution in [-0.4, -0.2) is 24.0 Å². The number of rotatable bonds is 5. The minimum atomic E-state index is 0. The fourth-order valence-electron chi connectivity index (χ4n) is 2.08. The summed E-state index contributed by atoms with van der Waals surface area (Å²) in [5.41, 5.74) is 0. The summed E-state index contributed by atoms with van der Waals surface area (Å²) in [6, 6.07) is 0.805. The maximum Gasteiger partial charge on any atom is 0.0166 e. The summed E-state index contributed by atoms with van der Waals surface area (Å²) < 4.78 is 0. The molecule has 0 aromatic rings. The van der Waals surface area contributed by atoms with Crippen molar-refractivity contribution >= 4 is 12.4 Å². The predicted molar refractivity (Wildman–Crippen MR) is 70.8 cm³/mol. The van der Waals surface area contributed by atoms with Crippen molar-refractivity contribution < 1.29 is 0 Å². The Morgan fingerprint density at radius 3 is 2.73 bits per heavy atom. The number of piperidine rings is 1. The van der Waals surface area contributed by atoms with E-state index in [1.165, 1.54) is 51.6 Å². The van der Waals surface area contributed by atoms with Gasteiger partial charge in [0.05, 0.1) is 0 Å². The molecule has 0 aliphatic carbocycles. The molecule has 1 saturated heterocycles. The highest BCUT2D eigenvalue weighted by Gasteiger charge is 2.15. The average Bonchev–Trinajstić information content (AvgIpc) is 2.20. The normalized spacial score (nSPS) is 22.9. The zero-order chi connectivity index (χ0) is 10.2.